The molecule has 1 aromatic carbocycles. The molecule has 0 spiro atoms. The van der Waals surface area contributed by atoms with Gasteiger partial charge in [-0.2, -0.15) is 5.10 Å². The number of nitrogens with zero attached hydrogens (tertiary/aromatic N) is 5. The summed E-state index contributed by atoms with van der Waals surface area (Å²) in [6.07, 6.45) is 3.55. The first-order chi connectivity index (χ1) is 11.6. The summed E-state index contributed by atoms with van der Waals surface area (Å²) in [7, 11) is 0. The van der Waals surface area contributed by atoms with Crippen LogP contribution in [0.1, 0.15) is 5.69 Å². The van der Waals surface area contributed by atoms with E-state index in [-0.39, 0.29) is 0 Å². The van der Waals surface area contributed by atoms with E-state index < -0.39 is 11.6 Å². The summed E-state index contributed by atoms with van der Waals surface area (Å²) < 4.78 is 29.2. The minimum Gasteiger partial charge on any atom is -0.366 e. The van der Waals surface area contributed by atoms with Crippen LogP contribution in [0.15, 0.2) is 36.7 Å². The van der Waals surface area contributed by atoms with E-state index in [1.807, 2.05) is 28.6 Å². The second-order valence-electron chi connectivity index (χ2n) is 5.94. The molecule has 24 heavy (non-hydrogen) atoms. The third-order valence-electron chi connectivity index (χ3n) is 4.32. The molecule has 3 heterocycles. The van der Waals surface area contributed by atoms with E-state index in [0.29, 0.717) is 31.9 Å². The maximum absolute atomic E-state index is 13.9. The van der Waals surface area contributed by atoms with Crippen LogP contribution in [0.3, 0.4) is 0 Å². The zero-order valence-electron chi connectivity index (χ0n) is 13.3. The van der Waals surface area contributed by atoms with Gasteiger partial charge in [-0.05, 0) is 25.1 Å². The first-order valence-electron chi connectivity index (χ1n) is 7.88. The number of aryl methyl sites for hydroxylation is 1. The van der Waals surface area contributed by atoms with Gasteiger partial charge in [-0.15, -0.1) is 0 Å². The Kier molecular flexibility index (Phi) is 3.55. The standard InChI is InChI=1S/C17H17F2N5/c1-12-10-16-17(20-4-5-24(16)21-12)23-8-6-22(7-9-23)15-11-13(18)2-3-14(15)19/h2-5,10-11H,6-9H2,1H3. The number of aromatic nitrogens is 3. The average molecular weight is 329 g/mol. The molecule has 0 atom stereocenters. The summed E-state index contributed by atoms with van der Waals surface area (Å²) in [4.78, 5) is 8.51. The maximum Gasteiger partial charge on any atom is 0.154 e. The Morgan fingerprint density at radius 1 is 1.00 bits per heavy atom. The predicted octanol–water partition coefficient (Wildman–Crippen LogP) is 2.64. The number of hydrogen-bond acceptors (Lipinski definition) is 4. The molecule has 3 aromatic rings. The number of halogens is 2. The molecular weight excluding hydrogens is 312 g/mol. The molecule has 0 amide bonds. The highest BCUT2D eigenvalue weighted by Gasteiger charge is 2.22. The van der Waals surface area contributed by atoms with E-state index in [4.69, 9.17) is 0 Å². The van der Waals surface area contributed by atoms with Crippen LogP contribution in [-0.2, 0) is 0 Å². The molecule has 7 heteroatoms. The van der Waals surface area contributed by atoms with Crippen molar-refractivity contribution >= 4 is 17.0 Å². The molecule has 1 fully saturated rings. The lowest BCUT2D eigenvalue weighted by atomic mass is 10.2. The van der Waals surface area contributed by atoms with Crippen LogP contribution in [0, 0.1) is 18.6 Å². The van der Waals surface area contributed by atoms with Crippen molar-refractivity contribution in [3.63, 3.8) is 0 Å². The van der Waals surface area contributed by atoms with E-state index >= 15 is 0 Å². The molecule has 0 N–H and O–H groups in total. The van der Waals surface area contributed by atoms with Crippen molar-refractivity contribution in [2.45, 2.75) is 6.92 Å². The fourth-order valence-corrected chi connectivity index (χ4v) is 3.16. The van der Waals surface area contributed by atoms with E-state index in [1.54, 1.807) is 6.20 Å². The molecule has 0 unspecified atom stereocenters. The van der Waals surface area contributed by atoms with Crippen LogP contribution in [-0.4, -0.2) is 40.8 Å². The summed E-state index contributed by atoms with van der Waals surface area (Å²) >= 11 is 0. The number of rotatable bonds is 2. The Balaban J connectivity index is 1.56. The molecule has 1 aliphatic heterocycles. The lowest BCUT2D eigenvalue weighted by Gasteiger charge is -2.36. The summed E-state index contributed by atoms with van der Waals surface area (Å²) in [5.74, 6) is 0.0592. The molecule has 5 nitrogen and oxygen atoms in total. The number of piperazine rings is 1. The Morgan fingerprint density at radius 2 is 1.75 bits per heavy atom. The van der Waals surface area contributed by atoms with Crippen molar-refractivity contribution in [3.05, 3.63) is 54.0 Å². The molecule has 2 aromatic heterocycles. The highest BCUT2D eigenvalue weighted by Crippen LogP contribution is 2.25. The second kappa shape index (κ2) is 5.74. The molecule has 4 rings (SSSR count). The average Bonchev–Trinajstić information content (AvgIpc) is 2.97. The zero-order chi connectivity index (χ0) is 16.7. The number of fused-ring (bicyclic) bond motifs is 1. The van der Waals surface area contributed by atoms with E-state index in [9.17, 15) is 8.78 Å². The zero-order valence-corrected chi connectivity index (χ0v) is 13.3. The van der Waals surface area contributed by atoms with Crippen molar-refractivity contribution in [3.8, 4) is 0 Å². The van der Waals surface area contributed by atoms with Crippen molar-refractivity contribution in [2.75, 3.05) is 36.0 Å². The number of benzene rings is 1. The van der Waals surface area contributed by atoms with Gasteiger partial charge in [-0.25, -0.2) is 18.3 Å². The van der Waals surface area contributed by atoms with Gasteiger partial charge in [0.25, 0.3) is 0 Å². The van der Waals surface area contributed by atoms with Crippen LogP contribution in [0.4, 0.5) is 20.3 Å². The van der Waals surface area contributed by atoms with Crippen LogP contribution in [0.5, 0.6) is 0 Å². The van der Waals surface area contributed by atoms with Gasteiger partial charge in [-0.3, -0.25) is 0 Å². The maximum atomic E-state index is 13.9. The minimum absolute atomic E-state index is 0.320. The highest BCUT2D eigenvalue weighted by atomic mass is 19.1. The molecular formula is C17H17F2N5. The van der Waals surface area contributed by atoms with Gasteiger partial charge in [-0.1, -0.05) is 0 Å². The molecule has 0 saturated carbocycles. The highest BCUT2D eigenvalue weighted by molar-refractivity contribution is 5.69. The fourth-order valence-electron chi connectivity index (χ4n) is 3.16. The van der Waals surface area contributed by atoms with Gasteiger partial charge in [0.1, 0.15) is 17.2 Å². The molecule has 1 aliphatic rings. The number of anilines is 2. The Bertz CT molecular complexity index is 884. The largest absolute Gasteiger partial charge is 0.366 e. The summed E-state index contributed by atoms with van der Waals surface area (Å²) in [6, 6.07) is 5.57. The van der Waals surface area contributed by atoms with Crippen molar-refractivity contribution in [1.82, 2.24) is 14.6 Å². The number of hydrogen-bond donors (Lipinski definition) is 0. The summed E-state index contributed by atoms with van der Waals surface area (Å²) in [5, 5.41) is 4.40. The molecule has 1 saturated heterocycles. The monoisotopic (exact) mass is 329 g/mol. The topological polar surface area (TPSA) is 36.7 Å². The quantitative estimate of drug-likeness (QED) is 0.724. The van der Waals surface area contributed by atoms with E-state index in [1.165, 1.54) is 12.1 Å². The van der Waals surface area contributed by atoms with Crippen LogP contribution >= 0.6 is 0 Å². The van der Waals surface area contributed by atoms with Gasteiger partial charge < -0.3 is 9.80 Å². The van der Waals surface area contributed by atoms with Gasteiger partial charge in [0, 0.05) is 44.6 Å². The van der Waals surface area contributed by atoms with Crippen molar-refractivity contribution in [1.29, 1.82) is 0 Å². The normalized spacial score (nSPS) is 15.3. The van der Waals surface area contributed by atoms with Crippen LogP contribution in [0.25, 0.3) is 5.52 Å². The third-order valence-corrected chi connectivity index (χ3v) is 4.32. The Hall–Kier alpha value is -2.70. The Morgan fingerprint density at radius 3 is 2.54 bits per heavy atom. The molecule has 124 valence electrons. The smallest absolute Gasteiger partial charge is 0.154 e. The summed E-state index contributed by atoms with van der Waals surface area (Å²) in [5.41, 5.74) is 2.21. The van der Waals surface area contributed by atoms with Gasteiger partial charge in [0.05, 0.1) is 11.4 Å². The molecule has 0 aliphatic carbocycles. The van der Waals surface area contributed by atoms with Gasteiger partial charge in [0.15, 0.2) is 5.82 Å². The van der Waals surface area contributed by atoms with Crippen molar-refractivity contribution < 1.29 is 8.78 Å². The lowest BCUT2D eigenvalue weighted by molar-refractivity contribution is 0.579. The first kappa shape index (κ1) is 14.9. The van der Waals surface area contributed by atoms with Crippen molar-refractivity contribution in [2.24, 2.45) is 0 Å². The fraction of sp³-hybridized carbons (Fsp3) is 0.294. The van der Waals surface area contributed by atoms with Gasteiger partial charge in [0.2, 0.25) is 0 Å². The van der Waals surface area contributed by atoms with Gasteiger partial charge >= 0.3 is 0 Å². The van der Waals surface area contributed by atoms with Crippen LogP contribution in [0.2, 0.25) is 0 Å². The molecule has 0 radical (unpaired) electrons. The second-order valence-corrected chi connectivity index (χ2v) is 5.94. The third kappa shape index (κ3) is 2.55. The predicted molar refractivity (Wildman–Crippen MR) is 88.5 cm³/mol. The summed E-state index contributed by atoms with van der Waals surface area (Å²) in [6.45, 7) is 4.54. The van der Waals surface area contributed by atoms with Crippen LogP contribution < -0.4 is 9.80 Å². The minimum atomic E-state index is -0.421. The SMILES string of the molecule is Cc1cc2c(N3CCN(c4cc(F)ccc4F)CC3)nccn2n1. The Labute approximate surface area is 138 Å². The first-order valence-corrected chi connectivity index (χ1v) is 7.88. The van der Waals surface area contributed by atoms with E-state index in [2.05, 4.69) is 15.0 Å². The molecule has 0 bridgehead atoms. The lowest BCUT2D eigenvalue weighted by Crippen LogP contribution is -2.47. The van der Waals surface area contributed by atoms with E-state index in [0.717, 1.165) is 23.1 Å².